The van der Waals surface area contributed by atoms with Crippen molar-refractivity contribution in [1.82, 2.24) is 10.6 Å². The van der Waals surface area contributed by atoms with Gasteiger partial charge in [-0.15, -0.1) is 0 Å². The minimum absolute atomic E-state index is 0.0403. The van der Waals surface area contributed by atoms with Gasteiger partial charge < -0.3 is 43.8 Å². The molecule has 16 heteroatoms. The van der Waals surface area contributed by atoms with Crippen LogP contribution >= 0.6 is 0 Å². The van der Waals surface area contributed by atoms with Crippen molar-refractivity contribution in [1.29, 1.82) is 0 Å². The molecule has 1 aromatic rings. The maximum absolute atomic E-state index is 13.3. The van der Waals surface area contributed by atoms with Crippen LogP contribution in [0, 0.1) is 0 Å². The first-order valence-corrected chi connectivity index (χ1v) is 14.7. The summed E-state index contributed by atoms with van der Waals surface area (Å²) in [5.41, 5.74) is -0.170. The smallest absolute Gasteiger partial charge is 0.410 e. The third kappa shape index (κ3) is 13.3. The molecule has 2 amide bonds. The van der Waals surface area contributed by atoms with Crippen LogP contribution in [-0.2, 0) is 68.3 Å². The van der Waals surface area contributed by atoms with Gasteiger partial charge in [-0.3, -0.25) is 24.0 Å². The summed E-state index contributed by atoms with van der Waals surface area (Å²) in [6.45, 7) is 10.1. The summed E-state index contributed by atoms with van der Waals surface area (Å²) >= 11 is 0. The molecule has 1 aliphatic heterocycles. The van der Waals surface area contributed by atoms with Gasteiger partial charge in [0.05, 0.1) is 0 Å². The third-order valence-electron chi connectivity index (χ3n) is 6.18. The molecule has 2 N–H and O–H groups in total. The Kier molecular flexibility index (Phi) is 14.1. The molecule has 1 fully saturated rings. The van der Waals surface area contributed by atoms with Gasteiger partial charge in [0.25, 0.3) is 0 Å². The lowest BCUT2D eigenvalue weighted by atomic mass is 9.98. The number of carbonyl (C=O) groups is 7. The zero-order valence-corrected chi connectivity index (χ0v) is 27.6. The first kappa shape index (κ1) is 38.5. The lowest BCUT2D eigenvalue weighted by Crippen LogP contribution is -2.63. The summed E-state index contributed by atoms with van der Waals surface area (Å²) in [7, 11) is 0. The van der Waals surface area contributed by atoms with E-state index < -0.39 is 96.8 Å². The van der Waals surface area contributed by atoms with Crippen LogP contribution < -0.4 is 10.6 Å². The number of rotatable bonds is 12. The molecule has 0 bridgehead atoms. The summed E-state index contributed by atoms with van der Waals surface area (Å²) < 4.78 is 37.5. The van der Waals surface area contributed by atoms with E-state index in [9.17, 15) is 33.6 Å². The highest BCUT2D eigenvalue weighted by molar-refractivity contribution is 5.89. The summed E-state index contributed by atoms with van der Waals surface area (Å²) in [5, 5.41) is 4.93. The molecule has 0 radical (unpaired) electrons. The van der Waals surface area contributed by atoms with Gasteiger partial charge in [-0.25, -0.2) is 9.59 Å². The normalized spacial score (nSPS) is 21.9. The van der Waals surface area contributed by atoms with Gasteiger partial charge >= 0.3 is 35.9 Å². The van der Waals surface area contributed by atoms with Crippen LogP contribution in [0.5, 0.6) is 0 Å². The molecule has 0 unspecified atom stereocenters. The summed E-state index contributed by atoms with van der Waals surface area (Å²) in [6.07, 6.45) is -9.19. The van der Waals surface area contributed by atoms with Crippen molar-refractivity contribution in [3.8, 4) is 0 Å². The largest absolute Gasteiger partial charge is 0.463 e. The van der Waals surface area contributed by atoms with Crippen molar-refractivity contribution in [2.24, 2.45) is 0 Å². The minimum Gasteiger partial charge on any atom is -0.463 e. The van der Waals surface area contributed by atoms with Crippen LogP contribution in [0.15, 0.2) is 30.3 Å². The van der Waals surface area contributed by atoms with E-state index in [0.29, 0.717) is 5.56 Å². The quantitative estimate of drug-likeness (QED) is 0.238. The van der Waals surface area contributed by atoms with Crippen molar-refractivity contribution < 1.29 is 66.7 Å². The van der Waals surface area contributed by atoms with Gasteiger partial charge in [-0.05, 0) is 33.3 Å². The predicted octanol–water partition coefficient (Wildman–Crippen LogP) is 1.25. The molecule has 7 atom stereocenters. The summed E-state index contributed by atoms with van der Waals surface area (Å²) in [6, 6.07) is 6.24. The van der Waals surface area contributed by atoms with Crippen molar-refractivity contribution in [2.75, 3.05) is 6.61 Å². The van der Waals surface area contributed by atoms with Gasteiger partial charge in [0.15, 0.2) is 12.2 Å². The lowest BCUT2D eigenvalue weighted by molar-refractivity contribution is -0.294. The van der Waals surface area contributed by atoms with Gasteiger partial charge in [-0.1, -0.05) is 30.3 Å². The van der Waals surface area contributed by atoms with Crippen molar-refractivity contribution in [3.63, 3.8) is 0 Å². The van der Waals surface area contributed by atoms with Crippen LogP contribution in [0.1, 0.15) is 61.0 Å². The minimum atomic E-state index is -1.82. The zero-order chi connectivity index (χ0) is 35.5. The van der Waals surface area contributed by atoms with Crippen molar-refractivity contribution in [2.45, 2.75) is 110 Å². The van der Waals surface area contributed by atoms with Crippen molar-refractivity contribution in [3.05, 3.63) is 35.9 Å². The molecular weight excluding hydrogens is 624 g/mol. The Balaban J connectivity index is 2.39. The van der Waals surface area contributed by atoms with Crippen molar-refractivity contribution >= 4 is 41.8 Å². The fourth-order valence-corrected chi connectivity index (χ4v) is 4.39. The highest BCUT2D eigenvalue weighted by Gasteiger charge is 2.54. The van der Waals surface area contributed by atoms with Crippen LogP contribution in [0.4, 0.5) is 4.79 Å². The molecule has 47 heavy (non-hydrogen) atoms. The first-order valence-electron chi connectivity index (χ1n) is 14.7. The lowest BCUT2D eigenvalue weighted by Gasteiger charge is -2.43. The van der Waals surface area contributed by atoms with Crippen LogP contribution in [0.25, 0.3) is 0 Å². The number of nitrogens with one attached hydrogen (secondary N) is 2. The van der Waals surface area contributed by atoms with Crippen LogP contribution in [0.2, 0.25) is 0 Å². The van der Waals surface area contributed by atoms with Gasteiger partial charge in [0, 0.05) is 34.1 Å². The standard InChI is InChI=1S/C31H42N2O14/c1-16(28(39)47-31(6,7)8)32-27(38)22(14-21-12-10-9-11-13-21)33-30(40)46-29-26(44-20(5)37)25(43-19(4)36)24(42-18(3)35)23(45-29)15-41-17(2)34/h9-13,16,22-26,29H,14-15H2,1-8H3,(H,32,38)(H,33,40)/t16-,22-,23+,24-,25-,26+,29-/m0/s1. The number of amides is 2. The maximum atomic E-state index is 13.3. The number of hydrogen-bond acceptors (Lipinski definition) is 14. The Morgan fingerprint density at radius 1 is 0.766 bits per heavy atom. The molecule has 1 aliphatic rings. The monoisotopic (exact) mass is 666 g/mol. The van der Waals surface area contributed by atoms with E-state index in [0.717, 1.165) is 27.7 Å². The highest BCUT2D eigenvalue weighted by Crippen LogP contribution is 2.30. The highest BCUT2D eigenvalue weighted by atomic mass is 16.8. The average molecular weight is 667 g/mol. The van der Waals surface area contributed by atoms with E-state index >= 15 is 0 Å². The Labute approximate surface area is 272 Å². The molecule has 0 saturated carbocycles. The number of alkyl carbamates (subject to hydrolysis) is 1. The maximum Gasteiger partial charge on any atom is 0.410 e. The fraction of sp³-hybridized carbons (Fsp3) is 0.581. The number of ether oxygens (including phenoxy) is 7. The SMILES string of the molecule is CC(=O)OC[C@H]1O[C@@H](OC(=O)N[C@@H](Cc2ccccc2)C(=O)N[C@@H](C)C(=O)OC(C)(C)C)[C@H](OC(C)=O)[C@@H](OC(C)=O)[C@H]1OC(C)=O. The second-order valence-electron chi connectivity index (χ2n) is 11.6. The molecule has 1 heterocycles. The molecule has 0 aliphatic carbocycles. The average Bonchev–Trinajstić information content (AvgIpc) is 2.93. The third-order valence-corrected chi connectivity index (χ3v) is 6.18. The Morgan fingerprint density at radius 2 is 1.32 bits per heavy atom. The molecule has 1 aromatic carbocycles. The molecule has 16 nitrogen and oxygen atoms in total. The van der Waals surface area contributed by atoms with E-state index in [1.807, 2.05) is 0 Å². The van der Waals surface area contributed by atoms with E-state index in [2.05, 4.69) is 10.6 Å². The molecular formula is C31H42N2O14. The Bertz CT molecular complexity index is 1290. The number of carbonyl (C=O) groups excluding carboxylic acids is 7. The zero-order valence-electron chi connectivity index (χ0n) is 27.6. The summed E-state index contributed by atoms with van der Waals surface area (Å²) in [5.74, 6) is -4.80. The second kappa shape index (κ2) is 17.3. The molecule has 0 aromatic heterocycles. The Hall–Kier alpha value is -4.73. The van der Waals surface area contributed by atoms with E-state index in [4.69, 9.17) is 33.2 Å². The van der Waals surface area contributed by atoms with Gasteiger partial charge in [0.2, 0.25) is 18.3 Å². The molecule has 0 spiro atoms. The first-order chi connectivity index (χ1) is 21.9. The predicted molar refractivity (Wildman–Crippen MR) is 159 cm³/mol. The number of hydrogen-bond donors (Lipinski definition) is 2. The van der Waals surface area contributed by atoms with E-state index in [-0.39, 0.29) is 6.42 Å². The fourth-order valence-electron chi connectivity index (χ4n) is 4.39. The second-order valence-corrected chi connectivity index (χ2v) is 11.6. The van der Waals surface area contributed by atoms with E-state index in [1.165, 1.54) is 6.92 Å². The van der Waals surface area contributed by atoms with E-state index in [1.54, 1.807) is 51.1 Å². The molecule has 2 rings (SSSR count). The van der Waals surface area contributed by atoms with Gasteiger partial charge in [0.1, 0.15) is 30.4 Å². The Morgan fingerprint density at radius 3 is 1.85 bits per heavy atom. The topological polar surface area (TPSA) is 208 Å². The summed E-state index contributed by atoms with van der Waals surface area (Å²) in [4.78, 5) is 86.8. The van der Waals surface area contributed by atoms with Gasteiger partial charge in [-0.2, -0.15) is 0 Å². The molecule has 1 saturated heterocycles. The number of esters is 5. The van der Waals surface area contributed by atoms with Crippen LogP contribution in [0.3, 0.4) is 0 Å². The molecule has 260 valence electrons. The number of benzene rings is 1. The van der Waals surface area contributed by atoms with Crippen LogP contribution in [-0.4, -0.2) is 96.8 Å².